The van der Waals surface area contributed by atoms with Crippen LogP contribution in [0.1, 0.15) is 53.4 Å². The summed E-state index contributed by atoms with van der Waals surface area (Å²) in [6.45, 7) is 11.3. The van der Waals surface area contributed by atoms with E-state index in [9.17, 15) is 4.79 Å². The molecule has 100 valence electrons. The smallest absolute Gasteiger partial charge is 0.227 e. The molecule has 1 atom stereocenters. The molecule has 0 spiro atoms. The minimum absolute atomic E-state index is 0.140. The molecule has 3 heteroatoms. The van der Waals surface area contributed by atoms with Crippen LogP contribution >= 0.6 is 0 Å². The van der Waals surface area contributed by atoms with Gasteiger partial charge in [0.05, 0.1) is 5.41 Å². The molecule has 1 rings (SSSR count). The predicted octanol–water partition coefficient (Wildman–Crippen LogP) is 2.32. The number of amides is 1. The Balaban J connectivity index is 2.55. The van der Waals surface area contributed by atoms with E-state index in [0.717, 1.165) is 45.3 Å². The largest absolute Gasteiger partial charge is 0.355 e. The maximum absolute atomic E-state index is 12.4. The van der Waals surface area contributed by atoms with E-state index in [1.54, 1.807) is 0 Å². The summed E-state index contributed by atoms with van der Waals surface area (Å²) in [6, 6.07) is 0. The molecule has 1 heterocycles. The van der Waals surface area contributed by atoms with E-state index in [2.05, 4.69) is 38.3 Å². The van der Waals surface area contributed by atoms with Crippen LogP contribution in [-0.4, -0.2) is 25.5 Å². The third kappa shape index (κ3) is 3.70. The standard InChI is InChI=1S/C14H28N2O/c1-5-7-14(8-9-15-11-14)12(17)16-10-13(3,4)6-2/h15H,5-11H2,1-4H3,(H,16,17). The first kappa shape index (κ1) is 14.5. The second-order valence-electron chi connectivity index (χ2n) is 6.16. The Hall–Kier alpha value is -0.570. The number of carbonyl (C=O) groups excluding carboxylic acids is 1. The van der Waals surface area contributed by atoms with Gasteiger partial charge in [0.25, 0.3) is 0 Å². The van der Waals surface area contributed by atoms with Gasteiger partial charge in [0.2, 0.25) is 5.91 Å². The van der Waals surface area contributed by atoms with Crippen LogP contribution in [0.15, 0.2) is 0 Å². The molecule has 17 heavy (non-hydrogen) atoms. The van der Waals surface area contributed by atoms with Crippen LogP contribution in [0.25, 0.3) is 0 Å². The van der Waals surface area contributed by atoms with Gasteiger partial charge < -0.3 is 10.6 Å². The van der Waals surface area contributed by atoms with Crippen LogP contribution in [-0.2, 0) is 4.79 Å². The summed E-state index contributed by atoms with van der Waals surface area (Å²) < 4.78 is 0. The van der Waals surface area contributed by atoms with Crippen molar-refractivity contribution in [2.75, 3.05) is 19.6 Å². The zero-order valence-electron chi connectivity index (χ0n) is 11.9. The highest BCUT2D eigenvalue weighted by Crippen LogP contribution is 2.31. The van der Waals surface area contributed by atoms with Gasteiger partial charge in [0, 0.05) is 13.1 Å². The van der Waals surface area contributed by atoms with E-state index in [-0.39, 0.29) is 16.7 Å². The molecule has 1 aliphatic heterocycles. The zero-order chi connectivity index (χ0) is 12.9. The third-order valence-electron chi connectivity index (χ3n) is 4.14. The average molecular weight is 240 g/mol. The fourth-order valence-electron chi connectivity index (χ4n) is 2.38. The second-order valence-corrected chi connectivity index (χ2v) is 6.16. The second kappa shape index (κ2) is 5.85. The molecule has 1 amide bonds. The topological polar surface area (TPSA) is 41.1 Å². The Labute approximate surface area is 106 Å². The normalized spacial score (nSPS) is 24.9. The summed E-state index contributed by atoms with van der Waals surface area (Å²) in [7, 11) is 0. The molecular formula is C14H28N2O. The molecule has 3 nitrogen and oxygen atoms in total. The molecule has 0 aromatic heterocycles. The summed E-state index contributed by atoms with van der Waals surface area (Å²) in [5.41, 5.74) is 0.0632. The van der Waals surface area contributed by atoms with Crippen LogP contribution in [0.5, 0.6) is 0 Å². The predicted molar refractivity (Wildman–Crippen MR) is 71.9 cm³/mol. The molecule has 0 radical (unpaired) electrons. The summed E-state index contributed by atoms with van der Waals surface area (Å²) in [5.74, 6) is 0.255. The van der Waals surface area contributed by atoms with Gasteiger partial charge >= 0.3 is 0 Å². The fraction of sp³-hybridized carbons (Fsp3) is 0.929. The van der Waals surface area contributed by atoms with Crippen molar-refractivity contribution in [2.45, 2.75) is 53.4 Å². The maximum Gasteiger partial charge on any atom is 0.227 e. The van der Waals surface area contributed by atoms with E-state index in [4.69, 9.17) is 0 Å². The highest BCUT2D eigenvalue weighted by molar-refractivity contribution is 5.83. The minimum Gasteiger partial charge on any atom is -0.355 e. The lowest BCUT2D eigenvalue weighted by atomic mass is 9.81. The van der Waals surface area contributed by atoms with E-state index < -0.39 is 0 Å². The number of rotatable bonds is 6. The van der Waals surface area contributed by atoms with Crippen molar-refractivity contribution >= 4 is 5.91 Å². The van der Waals surface area contributed by atoms with Crippen LogP contribution in [0.4, 0.5) is 0 Å². The summed E-state index contributed by atoms with van der Waals surface area (Å²) >= 11 is 0. The van der Waals surface area contributed by atoms with Gasteiger partial charge in [-0.25, -0.2) is 0 Å². The van der Waals surface area contributed by atoms with Gasteiger partial charge in [-0.05, 0) is 31.2 Å². The number of hydrogen-bond donors (Lipinski definition) is 2. The van der Waals surface area contributed by atoms with Gasteiger partial charge in [-0.2, -0.15) is 0 Å². The number of hydrogen-bond acceptors (Lipinski definition) is 2. The lowest BCUT2D eigenvalue weighted by molar-refractivity contribution is -0.131. The first-order valence-electron chi connectivity index (χ1n) is 6.95. The Bertz CT molecular complexity index is 255. The first-order valence-corrected chi connectivity index (χ1v) is 6.95. The van der Waals surface area contributed by atoms with E-state index >= 15 is 0 Å². The monoisotopic (exact) mass is 240 g/mol. The first-order chi connectivity index (χ1) is 7.96. The molecule has 0 saturated carbocycles. The summed E-state index contributed by atoms with van der Waals surface area (Å²) in [6.07, 6.45) is 4.15. The van der Waals surface area contributed by atoms with E-state index in [1.807, 2.05) is 0 Å². The molecule has 1 unspecified atom stereocenters. The van der Waals surface area contributed by atoms with Gasteiger partial charge in [0.15, 0.2) is 0 Å². The van der Waals surface area contributed by atoms with E-state index in [0.29, 0.717) is 0 Å². The van der Waals surface area contributed by atoms with Gasteiger partial charge in [-0.15, -0.1) is 0 Å². The molecule has 2 N–H and O–H groups in total. The number of nitrogens with one attached hydrogen (secondary N) is 2. The highest BCUT2D eigenvalue weighted by Gasteiger charge is 2.40. The van der Waals surface area contributed by atoms with Gasteiger partial charge in [-0.1, -0.05) is 34.1 Å². The lowest BCUT2D eigenvalue weighted by Gasteiger charge is -2.30. The molecule has 0 aliphatic carbocycles. The number of carbonyl (C=O) groups is 1. The Morgan fingerprint density at radius 2 is 2.12 bits per heavy atom. The molecule has 1 saturated heterocycles. The lowest BCUT2D eigenvalue weighted by Crippen LogP contribution is -2.45. The minimum atomic E-state index is -0.140. The molecule has 1 aliphatic rings. The maximum atomic E-state index is 12.4. The Morgan fingerprint density at radius 1 is 1.41 bits per heavy atom. The van der Waals surface area contributed by atoms with Crippen molar-refractivity contribution in [1.82, 2.24) is 10.6 Å². The quantitative estimate of drug-likeness (QED) is 0.748. The van der Waals surface area contributed by atoms with Crippen LogP contribution in [0.2, 0.25) is 0 Å². The van der Waals surface area contributed by atoms with Crippen LogP contribution in [0.3, 0.4) is 0 Å². The van der Waals surface area contributed by atoms with Crippen molar-refractivity contribution in [1.29, 1.82) is 0 Å². The Morgan fingerprint density at radius 3 is 2.59 bits per heavy atom. The van der Waals surface area contributed by atoms with Crippen LogP contribution < -0.4 is 10.6 Å². The van der Waals surface area contributed by atoms with Crippen molar-refractivity contribution in [3.63, 3.8) is 0 Å². The molecular weight excluding hydrogens is 212 g/mol. The zero-order valence-corrected chi connectivity index (χ0v) is 11.9. The Kier molecular flexibility index (Phi) is 4.99. The SMILES string of the molecule is CCCC1(C(=O)NCC(C)(C)CC)CCNC1. The highest BCUT2D eigenvalue weighted by atomic mass is 16.2. The van der Waals surface area contributed by atoms with E-state index in [1.165, 1.54) is 0 Å². The molecule has 1 fully saturated rings. The van der Waals surface area contributed by atoms with Crippen molar-refractivity contribution in [3.8, 4) is 0 Å². The summed E-state index contributed by atoms with van der Waals surface area (Å²) in [4.78, 5) is 12.4. The fourth-order valence-corrected chi connectivity index (χ4v) is 2.38. The van der Waals surface area contributed by atoms with Crippen molar-refractivity contribution < 1.29 is 4.79 Å². The molecule has 0 aromatic rings. The van der Waals surface area contributed by atoms with Crippen molar-refractivity contribution in [3.05, 3.63) is 0 Å². The van der Waals surface area contributed by atoms with Gasteiger partial charge in [0.1, 0.15) is 0 Å². The third-order valence-corrected chi connectivity index (χ3v) is 4.14. The molecule has 0 aromatic carbocycles. The average Bonchev–Trinajstić information content (AvgIpc) is 2.76. The van der Waals surface area contributed by atoms with Crippen LogP contribution in [0, 0.1) is 10.8 Å². The van der Waals surface area contributed by atoms with Crippen molar-refractivity contribution in [2.24, 2.45) is 10.8 Å². The van der Waals surface area contributed by atoms with Gasteiger partial charge in [-0.3, -0.25) is 4.79 Å². The summed E-state index contributed by atoms with van der Waals surface area (Å²) in [5, 5.41) is 6.49. The molecule has 0 bridgehead atoms.